The number of primary amides is 1. The van der Waals surface area contributed by atoms with Crippen LogP contribution in [0.5, 0.6) is 0 Å². The van der Waals surface area contributed by atoms with Gasteiger partial charge in [0, 0.05) is 17.8 Å². The Morgan fingerprint density at radius 3 is 2.47 bits per heavy atom. The first-order valence-electron chi connectivity index (χ1n) is 5.29. The number of hydrogen-bond donors (Lipinski definition) is 4. The maximum absolute atomic E-state index is 12.6. The summed E-state index contributed by atoms with van der Waals surface area (Å²) in [4.78, 5) is 11.0. The Labute approximate surface area is 106 Å². The lowest BCUT2D eigenvalue weighted by Crippen LogP contribution is -2.23. The highest BCUT2D eigenvalue weighted by Gasteiger charge is 2.31. The second kappa shape index (κ2) is 5.89. The Kier molecular flexibility index (Phi) is 4.73. The summed E-state index contributed by atoms with van der Waals surface area (Å²) in [5.41, 5.74) is 3.62. The van der Waals surface area contributed by atoms with Crippen molar-refractivity contribution in [1.29, 1.82) is 0 Å². The van der Waals surface area contributed by atoms with E-state index in [1.165, 1.54) is 0 Å². The van der Waals surface area contributed by atoms with Gasteiger partial charge >= 0.3 is 6.18 Å². The summed E-state index contributed by atoms with van der Waals surface area (Å²) in [6, 6.07) is 2.58. The lowest BCUT2D eigenvalue weighted by Gasteiger charge is -2.14. The lowest BCUT2D eigenvalue weighted by atomic mass is 10.1. The van der Waals surface area contributed by atoms with Gasteiger partial charge in [-0.15, -0.1) is 0 Å². The Hall–Kier alpha value is -1.80. The highest BCUT2D eigenvalue weighted by Crippen LogP contribution is 2.31. The van der Waals surface area contributed by atoms with E-state index < -0.39 is 30.4 Å². The second-order valence-electron chi connectivity index (χ2n) is 3.88. The maximum atomic E-state index is 12.6. The van der Waals surface area contributed by atoms with Crippen LogP contribution in [-0.4, -0.2) is 35.4 Å². The molecular weight excluding hydrogens is 265 g/mol. The minimum absolute atomic E-state index is 0.0175. The fourth-order valence-corrected chi connectivity index (χ4v) is 1.34. The van der Waals surface area contributed by atoms with Crippen LogP contribution in [0.15, 0.2) is 18.2 Å². The zero-order valence-electron chi connectivity index (χ0n) is 9.74. The van der Waals surface area contributed by atoms with E-state index in [0.29, 0.717) is 6.07 Å². The molecule has 0 aromatic heterocycles. The molecule has 1 atom stereocenters. The SMILES string of the molecule is NC(=O)c1cc(NCC(O)CO)cc(C(F)(F)F)c1. The fraction of sp³-hybridized carbons (Fsp3) is 0.364. The summed E-state index contributed by atoms with van der Waals surface area (Å²) >= 11 is 0. The van der Waals surface area contributed by atoms with Crippen molar-refractivity contribution in [2.24, 2.45) is 5.73 Å². The number of amides is 1. The third kappa shape index (κ3) is 4.42. The van der Waals surface area contributed by atoms with E-state index in [9.17, 15) is 18.0 Å². The van der Waals surface area contributed by atoms with Crippen molar-refractivity contribution in [2.75, 3.05) is 18.5 Å². The Morgan fingerprint density at radius 1 is 1.37 bits per heavy atom. The number of nitrogens with one attached hydrogen (secondary N) is 1. The van der Waals surface area contributed by atoms with Gasteiger partial charge in [0.1, 0.15) is 0 Å². The van der Waals surface area contributed by atoms with E-state index in [1.54, 1.807) is 0 Å². The number of benzene rings is 1. The van der Waals surface area contributed by atoms with Crippen molar-refractivity contribution >= 4 is 11.6 Å². The lowest BCUT2D eigenvalue weighted by molar-refractivity contribution is -0.137. The molecule has 0 spiro atoms. The van der Waals surface area contributed by atoms with Crippen molar-refractivity contribution < 1.29 is 28.2 Å². The summed E-state index contributed by atoms with van der Waals surface area (Å²) in [6.07, 6.45) is -5.73. The monoisotopic (exact) mass is 278 g/mol. The van der Waals surface area contributed by atoms with E-state index in [-0.39, 0.29) is 17.8 Å². The minimum Gasteiger partial charge on any atom is -0.394 e. The first-order chi connectivity index (χ1) is 8.74. The Balaban J connectivity index is 3.03. The van der Waals surface area contributed by atoms with Crippen molar-refractivity contribution in [3.63, 3.8) is 0 Å². The molecule has 1 unspecified atom stereocenters. The molecule has 1 aromatic rings. The zero-order valence-corrected chi connectivity index (χ0v) is 9.74. The Bertz CT molecular complexity index is 463. The van der Waals surface area contributed by atoms with Gasteiger partial charge in [-0.3, -0.25) is 4.79 Å². The molecule has 5 nitrogen and oxygen atoms in total. The van der Waals surface area contributed by atoms with Crippen LogP contribution >= 0.6 is 0 Å². The number of hydrogen-bond acceptors (Lipinski definition) is 4. The summed E-state index contributed by atoms with van der Waals surface area (Å²) < 4.78 is 37.8. The van der Waals surface area contributed by atoms with Crippen LogP contribution in [-0.2, 0) is 6.18 Å². The van der Waals surface area contributed by atoms with E-state index >= 15 is 0 Å². The summed E-state index contributed by atoms with van der Waals surface area (Å²) in [7, 11) is 0. The van der Waals surface area contributed by atoms with Gasteiger partial charge in [0.2, 0.25) is 5.91 Å². The van der Waals surface area contributed by atoms with Crippen molar-refractivity contribution in [1.82, 2.24) is 0 Å². The van der Waals surface area contributed by atoms with E-state index in [1.807, 2.05) is 0 Å². The van der Waals surface area contributed by atoms with E-state index in [0.717, 1.165) is 12.1 Å². The molecule has 0 aliphatic heterocycles. The van der Waals surface area contributed by atoms with Gasteiger partial charge in [-0.25, -0.2) is 0 Å². The molecule has 106 valence electrons. The first-order valence-corrected chi connectivity index (χ1v) is 5.29. The summed E-state index contributed by atoms with van der Waals surface area (Å²) in [5, 5.41) is 20.2. The van der Waals surface area contributed by atoms with Gasteiger partial charge in [0.25, 0.3) is 0 Å². The van der Waals surface area contributed by atoms with Crippen LogP contribution in [0, 0.1) is 0 Å². The highest BCUT2D eigenvalue weighted by molar-refractivity contribution is 5.94. The van der Waals surface area contributed by atoms with E-state index in [2.05, 4.69) is 5.32 Å². The van der Waals surface area contributed by atoms with Crippen LogP contribution < -0.4 is 11.1 Å². The van der Waals surface area contributed by atoms with Crippen molar-refractivity contribution in [3.05, 3.63) is 29.3 Å². The van der Waals surface area contributed by atoms with E-state index in [4.69, 9.17) is 15.9 Å². The van der Waals surface area contributed by atoms with Gasteiger partial charge in [0.05, 0.1) is 18.3 Å². The number of aliphatic hydroxyl groups excluding tert-OH is 2. The molecule has 0 saturated carbocycles. The smallest absolute Gasteiger partial charge is 0.394 e. The third-order valence-corrected chi connectivity index (χ3v) is 2.30. The van der Waals surface area contributed by atoms with Crippen LogP contribution in [0.3, 0.4) is 0 Å². The minimum atomic E-state index is -4.61. The number of carbonyl (C=O) groups is 1. The molecule has 0 aliphatic carbocycles. The van der Waals surface area contributed by atoms with Crippen LogP contribution in [0.1, 0.15) is 15.9 Å². The predicted octanol–water partition coefficient (Wildman–Crippen LogP) is 0.569. The van der Waals surface area contributed by atoms with Gasteiger partial charge in [-0.2, -0.15) is 13.2 Å². The maximum Gasteiger partial charge on any atom is 0.416 e. The molecule has 0 aliphatic rings. The van der Waals surface area contributed by atoms with Gasteiger partial charge in [-0.1, -0.05) is 0 Å². The average molecular weight is 278 g/mol. The molecule has 0 fully saturated rings. The molecule has 1 amide bonds. The summed E-state index contributed by atoms with van der Waals surface area (Å²) in [6.45, 7) is -0.690. The predicted molar refractivity (Wildman–Crippen MR) is 61.5 cm³/mol. The highest BCUT2D eigenvalue weighted by atomic mass is 19.4. The molecule has 1 rings (SSSR count). The molecule has 0 saturated heterocycles. The number of halogens is 3. The second-order valence-corrected chi connectivity index (χ2v) is 3.88. The molecule has 0 heterocycles. The third-order valence-electron chi connectivity index (χ3n) is 2.30. The van der Waals surface area contributed by atoms with Crippen LogP contribution in [0.25, 0.3) is 0 Å². The average Bonchev–Trinajstić information content (AvgIpc) is 2.34. The number of alkyl halides is 3. The van der Waals surface area contributed by atoms with Gasteiger partial charge in [-0.05, 0) is 18.2 Å². The molecule has 0 radical (unpaired) electrons. The molecule has 1 aromatic carbocycles. The Morgan fingerprint density at radius 2 is 2.00 bits per heavy atom. The largest absolute Gasteiger partial charge is 0.416 e. The number of anilines is 1. The quantitative estimate of drug-likeness (QED) is 0.633. The van der Waals surface area contributed by atoms with Crippen LogP contribution in [0.4, 0.5) is 18.9 Å². The molecule has 0 bridgehead atoms. The standard InChI is InChI=1S/C11H13F3N2O3/c12-11(13,14)7-1-6(10(15)19)2-8(3-7)16-4-9(18)5-17/h1-3,9,16-18H,4-5H2,(H2,15,19). The van der Waals surface area contributed by atoms with Gasteiger partial charge in [0.15, 0.2) is 0 Å². The summed E-state index contributed by atoms with van der Waals surface area (Å²) in [5.74, 6) is -0.989. The number of rotatable bonds is 5. The number of nitrogens with two attached hydrogens (primary N) is 1. The van der Waals surface area contributed by atoms with Gasteiger partial charge < -0.3 is 21.3 Å². The number of aliphatic hydroxyl groups is 2. The first kappa shape index (κ1) is 15.3. The molecule has 19 heavy (non-hydrogen) atoms. The molecular formula is C11H13F3N2O3. The van der Waals surface area contributed by atoms with Crippen molar-refractivity contribution in [2.45, 2.75) is 12.3 Å². The zero-order chi connectivity index (χ0) is 14.6. The fourth-order valence-electron chi connectivity index (χ4n) is 1.34. The van der Waals surface area contributed by atoms with Crippen LogP contribution in [0.2, 0.25) is 0 Å². The topological polar surface area (TPSA) is 95.6 Å². The number of carbonyl (C=O) groups excluding carboxylic acids is 1. The molecule has 8 heteroatoms. The molecule has 5 N–H and O–H groups in total. The normalized spacial score (nSPS) is 13.1. The van der Waals surface area contributed by atoms with Crippen molar-refractivity contribution in [3.8, 4) is 0 Å².